The van der Waals surface area contributed by atoms with E-state index in [0.717, 1.165) is 40.2 Å². The summed E-state index contributed by atoms with van der Waals surface area (Å²) in [6.45, 7) is 4.89. The van der Waals surface area contributed by atoms with Gasteiger partial charge in [-0.05, 0) is 37.6 Å². The van der Waals surface area contributed by atoms with Gasteiger partial charge in [-0.1, -0.05) is 12.1 Å². The second-order valence-electron chi connectivity index (χ2n) is 5.67. The molecule has 21 heavy (non-hydrogen) atoms. The highest BCUT2D eigenvalue weighted by Crippen LogP contribution is 2.40. The molecule has 0 bridgehead atoms. The van der Waals surface area contributed by atoms with Gasteiger partial charge in [0.25, 0.3) is 0 Å². The van der Waals surface area contributed by atoms with E-state index in [9.17, 15) is 4.79 Å². The quantitative estimate of drug-likeness (QED) is 0.856. The van der Waals surface area contributed by atoms with Crippen LogP contribution in [-0.2, 0) is 0 Å². The van der Waals surface area contributed by atoms with Crippen molar-refractivity contribution in [1.29, 1.82) is 0 Å². The zero-order valence-corrected chi connectivity index (χ0v) is 12.2. The summed E-state index contributed by atoms with van der Waals surface area (Å²) in [5.41, 5.74) is 5.93. The van der Waals surface area contributed by atoms with Crippen molar-refractivity contribution in [3.8, 4) is 0 Å². The van der Waals surface area contributed by atoms with E-state index in [1.54, 1.807) is 0 Å². The highest BCUT2D eigenvalue weighted by atomic mass is 16.1. The molecule has 4 rings (SSSR count). The molecule has 1 aromatic carbocycles. The lowest BCUT2D eigenvalue weighted by Crippen LogP contribution is -2.35. The van der Waals surface area contributed by atoms with Gasteiger partial charge in [0.2, 0.25) is 11.5 Å². The van der Waals surface area contributed by atoms with Gasteiger partial charge in [0.15, 0.2) is 12.4 Å². The lowest BCUT2D eigenvalue weighted by atomic mass is 9.80. The minimum Gasteiger partial charge on any atom is -0.385 e. The summed E-state index contributed by atoms with van der Waals surface area (Å²) in [4.78, 5) is 13.0. The predicted molar refractivity (Wildman–Crippen MR) is 82.6 cm³/mol. The SMILES string of the molecule is CCNc1cccc2c1C(=O)c1cc(C)c[n+]3c1C2C=C3. The van der Waals surface area contributed by atoms with E-state index in [-0.39, 0.29) is 11.7 Å². The number of ketones is 1. The van der Waals surface area contributed by atoms with Crippen molar-refractivity contribution in [2.24, 2.45) is 0 Å². The number of pyridine rings is 1. The molecule has 2 heterocycles. The van der Waals surface area contributed by atoms with Crippen LogP contribution in [0, 0.1) is 6.92 Å². The molecule has 0 radical (unpaired) electrons. The van der Waals surface area contributed by atoms with Crippen molar-refractivity contribution in [3.05, 3.63) is 64.5 Å². The fourth-order valence-corrected chi connectivity index (χ4v) is 3.48. The molecule has 0 spiro atoms. The molecule has 1 aliphatic heterocycles. The Bertz CT molecular complexity index is 805. The average Bonchev–Trinajstić information content (AvgIpc) is 2.89. The lowest BCUT2D eigenvalue weighted by molar-refractivity contribution is -0.573. The Morgan fingerprint density at radius 2 is 2.19 bits per heavy atom. The Balaban J connectivity index is 2.02. The summed E-state index contributed by atoms with van der Waals surface area (Å²) in [5, 5.41) is 3.32. The molecule has 104 valence electrons. The van der Waals surface area contributed by atoms with Gasteiger partial charge in [-0.25, -0.2) is 0 Å². The Kier molecular flexibility index (Phi) is 2.52. The van der Waals surface area contributed by atoms with Crippen LogP contribution in [0.1, 0.15) is 45.6 Å². The number of aromatic nitrogens is 1. The first kappa shape index (κ1) is 12.3. The third-order valence-electron chi connectivity index (χ3n) is 4.27. The third-order valence-corrected chi connectivity index (χ3v) is 4.27. The smallest absolute Gasteiger partial charge is 0.209 e. The van der Waals surface area contributed by atoms with E-state index in [1.165, 1.54) is 0 Å². The van der Waals surface area contributed by atoms with E-state index in [4.69, 9.17) is 0 Å². The number of hydrogen-bond acceptors (Lipinski definition) is 2. The molecule has 1 aliphatic carbocycles. The van der Waals surface area contributed by atoms with Crippen molar-refractivity contribution >= 4 is 17.7 Å². The molecular formula is C18H17N2O+. The maximum absolute atomic E-state index is 13.0. The van der Waals surface area contributed by atoms with Crippen molar-refractivity contribution in [2.45, 2.75) is 19.8 Å². The number of nitrogens with zero attached hydrogens (tertiary/aromatic N) is 1. The van der Waals surface area contributed by atoms with Gasteiger partial charge in [0.05, 0.1) is 17.0 Å². The predicted octanol–water partition coefficient (Wildman–Crippen LogP) is 2.87. The maximum atomic E-state index is 13.0. The number of carbonyl (C=O) groups excluding carboxylic acids is 1. The Hall–Kier alpha value is -2.42. The number of carbonyl (C=O) groups is 1. The van der Waals surface area contributed by atoms with Crippen LogP contribution in [0.3, 0.4) is 0 Å². The molecule has 1 atom stereocenters. The number of hydrogen-bond donors (Lipinski definition) is 1. The number of aryl methyl sites for hydroxylation is 1. The average molecular weight is 277 g/mol. The normalized spacial score (nSPS) is 17.6. The summed E-state index contributed by atoms with van der Waals surface area (Å²) in [6.07, 6.45) is 6.33. The largest absolute Gasteiger partial charge is 0.385 e. The Morgan fingerprint density at radius 1 is 1.33 bits per heavy atom. The molecule has 3 heteroatoms. The summed E-state index contributed by atoms with van der Waals surface area (Å²) in [6, 6.07) is 8.11. The van der Waals surface area contributed by atoms with Crippen molar-refractivity contribution in [3.63, 3.8) is 0 Å². The molecule has 3 nitrogen and oxygen atoms in total. The molecule has 0 saturated heterocycles. The topological polar surface area (TPSA) is 33.0 Å². The summed E-state index contributed by atoms with van der Waals surface area (Å²) in [5.74, 6) is 0.320. The molecule has 1 N–H and O–H groups in total. The molecular weight excluding hydrogens is 260 g/mol. The van der Waals surface area contributed by atoms with Crippen LogP contribution in [0.15, 0.2) is 36.5 Å². The minimum atomic E-state index is 0.133. The third kappa shape index (κ3) is 1.60. The van der Waals surface area contributed by atoms with Crippen molar-refractivity contribution in [2.75, 3.05) is 11.9 Å². The Morgan fingerprint density at radius 3 is 3.00 bits per heavy atom. The van der Waals surface area contributed by atoms with Crippen LogP contribution in [-0.4, -0.2) is 12.3 Å². The number of allylic oxidation sites excluding steroid dienone is 1. The van der Waals surface area contributed by atoms with Gasteiger partial charge >= 0.3 is 0 Å². The van der Waals surface area contributed by atoms with Crippen LogP contribution < -0.4 is 9.88 Å². The highest BCUT2D eigenvalue weighted by molar-refractivity contribution is 6.15. The second kappa shape index (κ2) is 4.29. The van der Waals surface area contributed by atoms with E-state index in [2.05, 4.69) is 34.4 Å². The van der Waals surface area contributed by atoms with Gasteiger partial charge in [0.1, 0.15) is 0 Å². The highest BCUT2D eigenvalue weighted by Gasteiger charge is 2.40. The van der Waals surface area contributed by atoms with Crippen molar-refractivity contribution in [1.82, 2.24) is 0 Å². The molecule has 1 aromatic heterocycles. The van der Waals surface area contributed by atoms with Crippen molar-refractivity contribution < 1.29 is 9.36 Å². The van der Waals surface area contributed by atoms with Crippen LogP contribution >= 0.6 is 0 Å². The summed E-state index contributed by atoms with van der Waals surface area (Å²) >= 11 is 0. The van der Waals surface area contributed by atoms with Gasteiger partial charge in [-0.2, -0.15) is 4.57 Å². The van der Waals surface area contributed by atoms with Gasteiger partial charge in [0, 0.05) is 17.8 Å². The van der Waals surface area contributed by atoms with Gasteiger partial charge in [-0.3, -0.25) is 4.79 Å². The minimum absolute atomic E-state index is 0.133. The first-order valence-electron chi connectivity index (χ1n) is 7.36. The number of fused-ring (bicyclic) bond motifs is 2. The van der Waals surface area contributed by atoms with Crippen LogP contribution in [0.25, 0.3) is 6.20 Å². The standard InChI is InChI=1S/C18H16N2O/c1-3-19-15-6-4-5-12-13-7-8-20-10-11(2)9-14(17(13)20)18(21)16(12)15/h4-10,13H,3H2,1-2H3/p+1. The van der Waals surface area contributed by atoms with E-state index >= 15 is 0 Å². The van der Waals surface area contributed by atoms with Gasteiger partial charge < -0.3 is 5.32 Å². The molecule has 2 aromatic rings. The zero-order valence-electron chi connectivity index (χ0n) is 12.2. The molecule has 1 unspecified atom stereocenters. The maximum Gasteiger partial charge on any atom is 0.209 e. The van der Waals surface area contributed by atoms with Crippen LogP contribution in [0.5, 0.6) is 0 Å². The Labute approximate surface area is 123 Å². The summed E-state index contributed by atoms with van der Waals surface area (Å²) in [7, 11) is 0. The van der Waals surface area contributed by atoms with E-state index < -0.39 is 0 Å². The van der Waals surface area contributed by atoms with Crippen LogP contribution in [0.2, 0.25) is 0 Å². The number of anilines is 1. The fourth-order valence-electron chi connectivity index (χ4n) is 3.48. The zero-order chi connectivity index (χ0) is 14.6. The van der Waals surface area contributed by atoms with Crippen LogP contribution in [0.4, 0.5) is 5.69 Å². The molecule has 0 saturated carbocycles. The first-order valence-corrected chi connectivity index (χ1v) is 7.36. The summed E-state index contributed by atoms with van der Waals surface area (Å²) < 4.78 is 2.09. The first-order chi connectivity index (χ1) is 10.2. The van der Waals surface area contributed by atoms with Gasteiger partial charge in [-0.15, -0.1) is 0 Å². The lowest BCUT2D eigenvalue weighted by Gasteiger charge is -2.22. The monoisotopic (exact) mass is 277 g/mol. The number of nitrogens with one attached hydrogen (secondary N) is 1. The van der Waals surface area contributed by atoms with E-state index in [0.29, 0.717) is 0 Å². The fraction of sp³-hybridized carbons (Fsp3) is 0.222. The molecule has 0 amide bonds. The van der Waals surface area contributed by atoms with E-state index in [1.807, 2.05) is 32.0 Å². The number of rotatable bonds is 2. The number of benzene rings is 1. The molecule has 0 fully saturated rings. The second-order valence-corrected chi connectivity index (χ2v) is 5.67. The molecule has 2 aliphatic rings.